The monoisotopic (exact) mass is 488 g/mol. The lowest BCUT2D eigenvalue weighted by atomic mass is 10.1. The first-order valence-corrected chi connectivity index (χ1v) is 11.0. The van der Waals surface area contributed by atoms with Gasteiger partial charge in [0.25, 0.3) is 0 Å². The Labute approximate surface area is 197 Å². The fourth-order valence-corrected chi connectivity index (χ4v) is 3.68. The molecule has 0 bridgehead atoms. The molecule has 0 radical (unpaired) electrons. The molecular formula is C22H24Cl4N2O2. The zero-order valence-corrected chi connectivity index (χ0v) is 20.0. The number of rotatable bonds is 8. The molecule has 0 saturated heterocycles. The average molecular weight is 490 g/mol. The van der Waals surface area contributed by atoms with Gasteiger partial charge in [-0.2, -0.15) is 0 Å². The minimum atomic E-state index is -0.702. The van der Waals surface area contributed by atoms with Gasteiger partial charge in [0.2, 0.25) is 11.8 Å². The Bertz CT molecular complexity index is 898. The van der Waals surface area contributed by atoms with Gasteiger partial charge in [-0.1, -0.05) is 72.4 Å². The van der Waals surface area contributed by atoms with E-state index in [1.165, 1.54) is 4.90 Å². The van der Waals surface area contributed by atoms with Gasteiger partial charge in [-0.15, -0.1) is 0 Å². The van der Waals surface area contributed by atoms with E-state index in [0.29, 0.717) is 38.1 Å². The molecule has 2 aromatic carbocycles. The van der Waals surface area contributed by atoms with Crippen LogP contribution in [0.15, 0.2) is 36.4 Å². The second-order valence-electron chi connectivity index (χ2n) is 7.46. The van der Waals surface area contributed by atoms with Gasteiger partial charge in [0.05, 0.1) is 16.5 Å². The van der Waals surface area contributed by atoms with Crippen molar-refractivity contribution in [3.63, 3.8) is 0 Å². The van der Waals surface area contributed by atoms with Crippen molar-refractivity contribution in [3.05, 3.63) is 67.6 Å². The molecule has 0 saturated carbocycles. The summed E-state index contributed by atoms with van der Waals surface area (Å²) in [6.07, 6.45) is -0.0262. The van der Waals surface area contributed by atoms with E-state index in [1.54, 1.807) is 43.3 Å². The van der Waals surface area contributed by atoms with Crippen LogP contribution < -0.4 is 5.32 Å². The highest BCUT2D eigenvalue weighted by Crippen LogP contribution is 2.27. The largest absolute Gasteiger partial charge is 0.354 e. The highest BCUT2D eigenvalue weighted by atomic mass is 35.5. The number of nitrogens with one attached hydrogen (secondary N) is 1. The van der Waals surface area contributed by atoms with Crippen molar-refractivity contribution in [3.8, 4) is 0 Å². The van der Waals surface area contributed by atoms with E-state index >= 15 is 0 Å². The molecule has 0 spiro atoms. The highest BCUT2D eigenvalue weighted by Gasteiger charge is 2.27. The fourth-order valence-electron chi connectivity index (χ4n) is 2.82. The Morgan fingerprint density at radius 2 is 1.57 bits per heavy atom. The van der Waals surface area contributed by atoms with Crippen molar-refractivity contribution < 1.29 is 9.59 Å². The van der Waals surface area contributed by atoms with E-state index in [0.717, 1.165) is 5.56 Å². The van der Waals surface area contributed by atoms with Crippen LogP contribution in [0.5, 0.6) is 0 Å². The molecular weight excluding hydrogens is 466 g/mol. The van der Waals surface area contributed by atoms with E-state index in [4.69, 9.17) is 46.4 Å². The topological polar surface area (TPSA) is 49.4 Å². The van der Waals surface area contributed by atoms with Crippen LogP contribution in [0.2, 0.25) is 20.1 Å². The zero-order valence-electron chi connectivity index (χ0n) is 17.0. The first-order chi connectivity index (χ1) is 14.1. The first kappa shape index (κ1) is 24.8. The Morgan fingerprint density at radius 3 is 2.13 bits per heavy atom. The van der Waals surface area contributed by atoms with E-state index in [1.807, 2.05) is 13.8 Å². The third-order valence-corrected chi connectivity index (χ3v) is 6.03. The molecule has 1 atom stereocenters. The summed E-state index contributed by atoms with van der Waals surface area (Å²) in [5.74, 6) is -0.215. The van der Waals surface area contributed by atoms with Crippen molar-refractivity contribution in [1.29, 1.82) is 0 Å². The van der Waals surface area contributed by atoms with Crippen molar-refractivity contribution in [1.82, 2.24) is 10.2 Å². The summed E-state index contributed by atoms with van der Waals surface area (Å²) in [5.41, 5.74) is 1.28. The second kappa shape index (κ2) is 11.2. The van der Waals surface area contributed by atoms with Crippen molar-refractivity contribution in [2.24, 2.45) is 5.92 Å². The summed E-state index contributed by atoms with van der Waals surface area (Å²) in [7, 11) is 0. The standard InChI is InChI=1S/C22H24Cl4N2O2/c1-13(2)11-27-22(30)14(3)28(12-15-7-8-19(25)20(26)9-15)21(29)10-16-17(23)5-4-6-18(16)24/h4-9,13-14H,10-12H2,1-3H3,(H,27,30). The summed E-state index contributed by atoms with van der Waals surface area (Å²) < 4.78 is 0. The molecule has 30 heavy (non-hydrogen) atoms. The van der Waals surface area contributed by atoms with Crippen LogP contribution >= 0.6 is 46.4 Å². The lowest BCUT2D eigenvalue weighted by Gasteiger charge is -2.29. The molecule has 0 aliphatic heterocycles. The maximum atomic E-state index is 13.2. The van der Waals surface area contributed by atoms with Crippen LogP contribution in [-0.2, 0) is 22.6 Å². The third-order valence-electron chi connectivity index (χ3n) is 4.58. The predicted molar refractivity (Wildman–Crippen MR) is 124 cm³/mol. The molecule has 8 heteroatoms. The number of hydrogen-bond acceptors (Lipinski definition) is 2. The number of benzene rings is 2. The van der Waals surface area contributed by atoms with Crippen LogP contribution in [0.25, 0.3) is 0 Å². The molecule has 162 valence electrons. The normalized spacial score (nSPS) is 12.0. The second-order valence-corrected chi connectivity index (χ2v) is 9.09. The van der Waals surface area contributed by atoms with Crippen molar-refractivity contribution in [2.45, 2.75) is 39.8 Å². The van der Waals surface area contributed by atoms with E-state index in [-0.39, 0.29) is 24.8 Å². The van der Waals surface area contributed by atoms with E-state index in [2.05, 4.69) is 5.32 Å². The number of amides is 2. The summed E-state index contributed by atoms with van der Waals surface area (Å²) in [4.78, 5) is 27.4. The average Bonchev–Trinajstić information content (AvgIpc) is 2.69. The Morgan fingerprint density at radius 1 is 0.933 bits per heavy atom. The lowest BCUT2D eigenvalue weighted by molar-refractivity contribution is -0.140. The van der Waals surface area contributed by atoms with E-state index < -0.39 is 6.04 Å². The molecule has 0 heterocycles. The minimum Gasteiger partial charge on any atom is -0.354 e. The van der Waals surface area contributed by atoms with E-state index in [9.17, 15) is 9.59 Å². The number of carbonyl (C=O) groups is 2. The SMILES string of the molecule is CC(C)CNC(=O)C(C)N(Cc1ccc(Cl)c(Cl)c1)C(=O)Cc1c(Cl)cccc1Cl. The van der Waals surface area contributed by atoms with Gasteiger partial charge in [0.15, 0.2) is 0 Å². The van der Waals surface area contributed by atoms with Crippen LogP contribution in [0.1, 0.15) is 31.9 Å². The Hall–Kier alpha value is -1.46. The predicted octanol–water partition coefficient (Wildman–Crippen LogP) is 6.03. The maximum Gasteiger partial charge on any atom is 0.242 e. The summed E-state index contributed by atoms with van der Waals surface area (Å²) >= 11 is 24.6. The molecule has 0 aliphatic carbocycles. The number of halogens is 4. The van der Waals surface area contributed by atoms with Crippen LogP contribution in [0.4, 0.5) is 0 Å². The number of hydrogen-bond donors (Lipinski definition) is 1. The highest BCUT2D eigenvalue weighted by molar-refractivity contribution is 6.42. The molecule has 2 aromatic rings. The molecule has 4 nitrogen and oxygen atoms in total. The van der Waals surface area contributed by atoms with Crippen LogP contribution in [-0.4, -0.2) is 29.3 Å². The molecule has 1 N–H and O–H groups in total. The minimum absolute atomic E-state index is 0.0262. The zero-order chi connectivity index (χ0) is 22.4. The molecule has 2 amide bonds. The van der Waals surface area contributed by atoms with Crippen molar-refractivity contribution in [2.75, 3.05) is 6.54 Å². The Kier molecular flexibility index (Phi) is 9.30. The smallest absolute Gasteiger partial charge is 0.242 e. The van der Waals surface area contributed by atoms with Gasteiger partial charge in [-0.05, 0) is 48.2 Å². The van der Waals surface area contributed by atoms with Gasteiger partial charge in [0, 0.05) is 23.1 Å². The molecule has 0 aliphatic rings. The number of nitrogens with zero attached hydrogens (tertiary/aromatic N) is 1. The molecule has 0 fully saturated rings. The summed E-state index contributed by atoms with van der Waals surface area (Å²) in [6.45, 7) is 6.41. The van der Waals surface area contributed by atoms with Crippen molar-refractivity contribution >= 4 is 58.2 Å². The summed E-state index contributed by atoms with van der Waals surface area (Å²) in [5, 5.41) is 4.49. The molecule has 2 rings (SSSR count). The van der Waals surface area contributed by atoms with Gasteiger partial charge >= 0.3 is 0 Å². The quantitative estimate of drug-likeness (QED) is 0.491. The maximum absolute atomic E-state index is 13.2. The van der Waals surface area contributed by atoms with Gasteiger partial charge in [0.1, 0.15) is 6.04 Å². The Balaban J connectivity index is 2.30. The fraction of sp³-hybridized carbons (Fsp3) is 0.364. The van der Waals surface area contributed by atoms with Gasteiger partial charge in [-0.3, -0.25) is 9.59 Å². The van der Waals surface area contributed by atoms with Gasteiger partial charge in [-0.25, -0.2) is 0 Å². The summed E-state index contributed by atoms with van der Waals surface area (Å²) in [6, 6.07) is 9.49. The van der Waals surface area contributed by atoms with Crippen LogP contribution in [0, 0.1) is 5.92 Å². The van der Waals surface area contributed by atoms with Crippen LogP contribution in [0.3, 0.4) is 0 Å². The molecule has 1 unspecified atom stereocenters. The lowest BCUT2D eigenvalue weighted by Crippen LogP contribution is -2.48. The molecule has 0 aromatic heterocycles. The third kappa shape index (κ3) is 6.78. The van der Waals surface area contributed by atoms with Gasteiger partial charge < -0.3 is 10.2 Å². The first-order valence-electron chi connectivity index (χ1n) is 9.54. The number of carbonyl (C=O) groups excluding carboxylic acids is 2.